The minimum Gasteiger partial charge on any atom is -0.368 e. The Labute approximate surface area is 75.7 Å². The highest BCUT2D eigenvalue weighted by molar-refractivity contribution is 5.01. The molecule has 0 aromatic heterocycles. The van der Waals surface area contributed by atoms with Crippen LogP contribution < -0.4 is 5.32 Å². The molecular formula is C10H21NO. The fourth-order valence-corrected chi connectivity index (χ4v) is 2.06. The maximum Gasteiger partial charge on any atom is 0.102 e. The Kier molecular flexibility index (Phi) is 2.79. The van der Waals surface area contributed by atoms with Gasteiger partial charge in [-0.15, -0.1) is 0 Å². The average Bonchev–Trinajstić information content (AvgIpc) is 2.66. The lowest BCUT2D eigenvalue weighted by Crippen LogP contribution is -2.46. The van der Waals surface area contributed by atoms with Crippen LogP contribution in [-0.4, -0.2) is 24.8 Å². The standard InChI is InChI=1S/C10H21NO/c1-7(2)6-10(4,11-5)9-8(3)12-9/h7-9,11H,6H2,1-5H3. The molecule has 0 amide bonds. The van der Waals surface area contributed by atoms with E-state index in [1.54, 1.807) is 0 Å². The highest BCUT2D eigenvalue weighted by atomic mass is 16.6. The van der Waals surface area contributed by atoms with Crippen molar-refractivity contribution in [3.63, 3.8) is 0 Å². The third-order valence-electron chi connectivity index (χ3n) is 2.74. The molecule has 1 saturated heterocycles. The predicted molar refractivity (Wildman–Crippen MR) is 51.3 cm³/mol. The first-order valence-electron chi connectivity index (χ1n) is 4.84. The van der Waals surface area contributed by atoms with E-state index >= 15 is 0 Å². The van der Waals surface area contributed by atoms with Crippen LogP contribution >= 0.6 is 0 Å². The van der Waals surface area contributed by atoms with Gasteiger partial charge in [0.15, 0.2) is 0 Å². The van der Waals surface area contributed by atoms with Crippen LogP contribution in [0.25, 0.3) is 0 Å². The van der Waals surface area contributed by atoms with Crippen molar-refractivity contribution in [2.75, 3.05) is 7.05 Å². The van der Waals surface area contributed by atoms with Gasteiger partial charge in [-0.05, 0) is 33.2 Å². The zero-order chi connectivity index (χ0) is 9.35. The molecule has 1 aliphatic rings. The van der Waals surface area contributed by atoms with E-state index in [2.05, 4.69) is 33.0 Å². The summed E-state index contributed by atoms with van der Waals surface area (Å²) in [5.41, 5.74) is 0.174. The first-order valence-corrected chi connectivity index (χ1v) is 4.84. The molecule has 0 aromatic carbocycles. The molecule has 0 aromatic rings. The first-order chi connectivity index (χ1) is 5.49. The first kappa shape index (κ1) is 10.0. The van der Waals surface area contributed by atoms with Crippen LogP contribution in [0.15, 0.2) is 0 Å². The van der Waals surface area contributed by atoms with E-state index < -0.39 is 0 Å². The maximum absolute atomic E-state index is 5.51. The Hall–Kier alpha value is -0.0800. The van der Waals surface area contributed by atoms with Crippen LogP contribution in [0.1, 0.15) is 34.1 Å². The van der Waals surface area contributed by atoms with Gasteiger partial charge in [0, 0.05) is 5.54 Å². The summed E-state index contributed by atoms with van der Waals surface area (Å²) < 4.78 is 5.51. The predicted octanol–water partition coefficient (Wildman–Crippen LogP) is 1.80. The molecule has 0 spiro atoms. The molecule has 3 atom stereocenters. The third kappa shape index (κ3) is 1.99. The second kappa shape index (κ2) is 3.35. The van der Waals surface area contributed by atoms with Gasteiger partial charge in [-0.25, -0.2) is 0 Å². The van der Waals surface area contributed by atoms with Crippen LogP contribution in [0.2, 0.25) is 0 Å². The summed E-state index contributed by atoms with van der Waals surface area (Å²) in [7, 11) is 2.02. The SMILES string of the molecule is CNC(C)(CC(C)C)C1OC1C. The van der Waals surface area contributed by atoms with Gasteiger partial charge in [0.1, 0.15) is 6.10 Å². The number of ether oxygens (including phenoxy) is 1. The van der Waals surface area contributed by atoms with Gasteiger partial charge in [0.05, 0.1) is 6.10 Å². The van der Waals surface area contributed by atoms with Crippen LogP contribution in [0.3, 0.4) is 0 Å². The molecule has 0 radical (unpaired) electrons. The van der Waals surface area contributed by atoms with Crippen molar-refractivity contribution in [1.82, 2.24) is 5.32 Å². The fraction of sp³-hybridized carbons (Fsp3) is 1.00. The van der Waals surface area contributed by atoms with Crippen molar-refractivity contribution in [3.8, 4) is 0 Å². The van der Waals surface area contributed by atoms with Crippen molar-refractivity contribution in [1.29, 1.82) is 0 Å². The second-order valence-electron chi connectivity index (χ2n) is 4.53. The summed E-state index contributed by atoms with van der Waals surface area (Å²) in [6, 6.07) is 0. The lowest BCUT2D eigenvalue weighted by Gasteiger charge is -2.29. The topological polar surface area (TPSA) is 24.6 Å². The molecule has 72 valence electrons. The van der Waals surface area contributed by atoms with Gasteiger partial charge >= 0.3 is 0 Å². The largest absolute Gasteiger partial charge is 0.368 e. The quantitative estimate of drug-likeness (QED) is 0.652. The lowest BCUT2D eigenvalue weighted by atomic mass is 9.86. The molecular weight excluding hydrogens is 150 g/mol. The van der Waals surface area contributed by atoms with Gasteiger partial charge in [-0.3, -0.25) is 0 Å². The summed E-state index contributed by atoms with van der Waals surface area (Å²) >= 11 is 0. The van der Waals surface area contributed by atoms with Crippen molar-refractivity contribution in [2.45, 2.75) is 51.9 Å². The molecule has 1 aliphatic heterocycles. The third-order valence-corrected chi connectivity index (χ3v) is 2.74. The zero-order valence-electron chi connectivity index (χ0n) is 8.85. The second-order valence-corrected chi connectivity index (χ2v) is 4.53. The van der Waals surface area contributed by atoms with E-state index in [1.165, 1.54) is 6.42 Å². The van der Waals surface area contributed by atoms with Crippen molar-refractivity contribution in [3.05, 3.63) is 0 Å². The number of epoxide rings is 1. The highest BCUT2D eigenvalue weighted by Crippen LogP contribution is 2.35. The van der Waals surface area contributed by atoms with Gasteiger partial charge in [0.25, 0.3) is 0 Å². The molecule has 2 nitrogen and oxygen atoms in total. The van der Waals surface area contributed by atoms with E-state index in [1.807, 2.05) is 7.05 Å². The van der Waals surface area contributed by atoms with Crippen LogP contribution in [0, 0.1) is 5.92 Å². The smallest absolute Gasteiger partial charge is 0.102 e. The maximum atomic E-state index is 5.51. The molecule has 1 N–H and O–H groups in total. The molecule has 0 bridgehead atoms. The van der Waals surface area contributed by atoms with E-state index in [-0.39, 0.29) is 5.54 Å². The molecule has 1 rings (SSSR count). The Balaban J connectivity index is 2.50. The number of rotatable bonds is 4. The Morgan fingerprint density at radius 3 is 2.25 bits per heavy atom. The Morgan fingerprint density at radius 1 is 1.50 bits per heavy atom. The van der Waals surface area contributed by atoms with Crippen molar-refractivity contribution >= 4 is 0 Å². The van der Waals surface area contributed by atoms with E-state index in [0.29, 0.717) is 12.2 Å². The van der Waals surface area contributed by atoms with E-state index in [4.69, 9.17) is 4.74 Å². The monoisotopic (exact) mass is 171 g/mol. The minimum atomic E-state index is 0.174. The Bertz CT molecular complexity index is 158. The summed E-state index contributed by atoms with van der Waals surface area (Å²) in [5, 5.41) is 3.38. The zero-order valence-corrected chi connectivity index (χ0v) is 8.85. The van der Waals surface area contributed by atoms with Gasteiger partial charge < -0.3 is 10.1 Å². The van der Waals surface area contributed by atoms with Crippen LogP contribution in [0.5, 0.6) is 0 Å². The fourth-order valence-electron chi connectivity index (χ4n) is 2.06. The van der Waals surface area contributed by atoms with Gasteiger partial charge in [-0.2, -0.15) is 0 Å². The summed E-state index contributed by atoms with van der Waals surface area (Å²) in [6.45, 7) is 8.90. The van der Waals surface area contributed by atoms with Gasteiger partial charge in [-0.1, -0.05) is 13.8 Å². The average molecular weight is 171 g/mol. The van der Waals surface area contributed by atoms with Crippen LogP contribution in [-0.2, 0) is 4.74 Å². The highest BCUT2D eigenvalue weighted by Gasteiger charge is 2.48. The van der Waals surface area contributed by atoms with Gasteiger partial charge in [0.2, 0.25) is 0 Å². The molecule has 2 heteroatoms. The summed E-state index contributed by atoms with van der Waals surface area (Å²) in [5.74, 6) is 0.721. The summed E-state index contributed by atoms with van der Waals surface area (Å²) in [4.78, 5) is 0. The van der Waals surface area contributed by atoms with E-state index in [9.17, 15) is 0 Å². The lowest BCUT2D eigenvalue weighted by molar-refractivity contribution is 0.228. The van der Waals surface area contributed by atoms with E-state index in [0.717, 1.165) is 5.92 Å². The van der Waals surface area contributed by atoms with Crippen LogP contribution in [0.4, 0.5) is 0 Å². The normalized spacial score (nSPS) is 33.5. The molecule has 12 heavy (non-hydrogen) atoms. The number of nitrogens with one attached hydrogen (secondary N) is 1. The molecule has 1 heterocycles. The van der Waals surface area contributed by atoms with Crippen molar-refractivity contribution < 1.29 is 4.74 Å². The number of likely N-dealkylation sites (N-methyl/N-ethyl adjacent to an activating group) is 1. The molecule has 0 saturated carbocycles. The minimum absolute atomic E-state index is 0.174. The summed E-state index contributed by atoms with van der Waals surface area (Å²) in [6.07, 6.45) is 2.05. The van der Waals surface area contributed by atoms with Crippen molar-refractivity contribution in [2.24, 2.45) is 5.92 Å². The molecule has 3 unspecified atom stereocenters. The number of hydrogen-bond donors (Lipinski definition) is 1. The number of hydrogen-bond acceptors (Lipinski definition) is 2. The molecule has 0 aliphatic carbocycles. The Morgan fingerprint density at radius 2 is 2.00 bits per heavy atom. The molecule has 1 fully saturated rings.